The molecule has 10 heteroatoms. The molecule has 0 bridgehead atoms. The summed E-state index contributed by atoms with van der Waals surface area (Å²) in [6, 6.07) is 30.2. The van der Waals surface area contributed by atoms with Crippen LogP contribution >= 0.6 is 15.9 Å². The van der Waals surface area contributed by atoms with Crippen molar-refractivity contribution in [2.24, 2.45) is 0 Å². The van der Waals surface area contributed by atoms with E-state index in [0.29, 0.717) is 11.5 Å². The minimum Gasteiger partial charge on any atom is -0.457 e. The van der Waals surface area contributed by atoms with Gasteiger partial charge in [-0.15, -0.1) is 0 Å². The highest BCUT2D eigenvalue weighted by Gasteiger charge is 2.32. The first-order valence-corrected chi connectivity index (χ1v) is 16.6. The molecule has 44 heavy (non-hydrogen) atoms. The quantitative estimate of drug-likeness (QED) is 0.169. The largest absolute Gasteiger partial charge is 0.457 e. The summed E-state index contributed by atoms with van der Waals surface area (Å²) in [5, 5.41) is 2.94. The molecule has 4 rings (SSSR count). The second-order valence-corrected chi connectivity index (χ2v) is 13.2. The number of benzene rings is 4. The van der Waals surface area contributed by atoms with E-state index in [9.17, 15) is 18.0 Å². The molecule has 1 N–H and O–H groups in total. The van der Waals surface area contributed by atoms with E-state index in [1.54, 1.807) is 49.4 Å². The highest BCUT2D eigenvalue weighted by molar-refractivity contribution is 9.10. The molecule has 2 amide bonds. The number of carbonyl (C=O) groups excluding carboxylic acids is 2. The van der Waals surface area contributed by atoms with Crippen LogP contribution in [0.15, 0.2) is 119 Å². The first-order valence-electron chi connectivity index (χ1n) is 14.3. The number of amides is 2. The lowest BCUT2D eigenvalue weighted by atomic mass is 10.1. The van der Waals surface area contributed by atoms with E-state index in [0.717, 1.165) is 20.8 Å². The summed E-state index contributed by atoms with van der Waals surface area (Å²) >= 11 is 3.43. The van der Waals surface area contributed by atoms with Crippen molar-refractivity contribution in [3.63, 3.8) is 0 Å². The molecule has 0 radical (unpaired) electrons. The Morgan fingerprint density at radius 2 is 1.39 bits per heavy atom. The number of para-hydroxylation sites is 1. The van der Waals surface area contributed by atoms with Crippen LogP contribution in [-0.4, -0.2) is 43.8 Å². The lowest BCUT2D eigenvalue weighted by Gasteiger charge is -2.32. The monoisotopic (exact) mass is 677 g/mol. The molecule has 0 saturated carbocycles. The minimum atomic E-state index is -4.16. The number of halogens is 1. The van der Waals surface area contributed by atoms with Gasteiger partial charge in [-0.2, -0.15) is 0 Å². The van der Waals surface area contributed by atoms with Crippen LogP contribution in [0.3, 0.4) is 0 Å². The van der Waals surface area contributed by atoms with Gasteiger partial charge in [0.25, 0.3) is 10.0 Å². The molecule has 0 heterocycles. The second kappa shape index (κ2) is 15.0. The van der Waals surface area contributed by atoms with Crippen molar-refractivity contribution in [1.82, 2.24) is 10.2 Å². The Bertz CT molecular complexity index is 1630. The first-order chi connectivity index (χ1) is 21.1. The lowest BCUT2D eigenvalue weighted by Crippen LogP contribution is -2.52. The Hall–Kier alpha value is -4.15. The molecule has 230 valence electrons. The molecule has 0 saturated heterocycles. The normalized spacial score (nSPS) is 12.5. The van der Waals surface area contributed by atoms with E-state index >= 15 is 0 Å². The van der Waals surface area contributed by atoms with Crippen molar-refractivity contribution < 1.29 is 22.7 Å². The summed E-state index contributed by atoms with van der Waals surface area (Å²) in [4.78, 5) is 28.8. The van der Waals surface area contributed by atoms with Crippen LogP contribution < -0.4 is 14.4 Å². The molecule has 4 aromatic rings. The van der Waals surface area contributed by atoms with Crippen LogP contribution in [-0.2, 0) is 26.2 Å². The van der Waals surface area contributed by atoms with Crippen LogP contribution in [0.1, 0.15) is 32.8 Å². The predicted octanol–water partition coefficient (Wildman–Crippen LogP) is 6.77. The number of anilines is 1. The Labute approximate surface area is 267 Å². The van der Waals surface area contributed by atoms with Gasteiger partial charge >= 0.3 is 0 Å². The molecule has 2 unspecified atom stereocenters. The van der Waals surface area contributed by atoms with Gasteiger partial charge in [0.15, 0.2) is 0 Å². The van der Waals surface area contributed by atoms with E-state index in [4.69, 9.17) is 4.74 Å². The number of nitrogens with zero attached hydrogens (tertiary/aromatic N) is 2. The second-order valence-electron chi connectivity index (χ2n) is 10.4. The maximum Gasteiger partial charge on any atom is 0.264 e. The topological polar surface area (TPSA) is 96.0 Å². The van der Waals surface area contributed by atoms with Crippen LogP contribution in [0.5, 0.6) is 11.5 Å². The maximum atomic E-state index is 14.1. The average molecular weight is 679 g/mol. The van der Waals surface area contributed by atoms with Crippen LogP contribution in [0.25, 0.3) is 0 Å². The highest BCUT2D eigenvalue weighted by atomic mass is 79.9. The standard InChI is InChI=1S/C34H36BrN3O5S/c1-4-25(2)36-34(40)26(3)37(23-27-15-17-28(35)18-16-27)33(39)24-38(44(41,42)32-13-9-6-10-14-32)29-19-21-31(22-20-29)43-30-11-7-5-8-12-30/h5-22,25-26H,4,23-24H2,1-3H3,(H,36,40). The number of rotatable bonds is 13. The molecule has 0 fully saturated rings. The summed E-state index contributed by atoms with van der Waals surface area (Å²) < 4.78 is 35.8. The van der Waals surface area contributed by atoms with E-state index in [-0.39, 0.29) is 29.1 Å². The van der Waals surface area contributed by atoms with Gasteiger partial charge < -0.3 is 15.0 Å². The van der Waals surface area contributed by atoms with Crippen LogP contribution in [0, 0.1) is 0 Å². The van der Waals surface area contributed by atoms with E-state index in [1.165, 1.54) is 17.0 Å². The molecular weight excluding hydrogens is 642 g/mol. The van der Waals surface area contributed by atoms with Gasteiger partial charge in [0.2, 0.25) is 11.8 Å². The molecule has 0 aliphatic carbocycles. The van der Waals surface area contributed by atoms with Crippen molar-refractivity contribution in [3.05, 3.63) is 119 Å². The smallest absolute Gasteiger partial charge is 0.264 e. The van der Waals surface area contributed by atoms with E-state index in [2.05, 4.69) is 21.2 Å². The fraction of sp³-hybridized carbons (Fsp3) is 0.235. The Morgan fingerprint density at radius 1 is 0.818 bits per heavy atom. The van der Waals surface area contributed by atoms with E-state index < -0.39 is 28.5 Å². The molecule has 0 aliphatic heterocycles. The molecule has 8 nitrogen and oxygen atoms in total. The zero-order valence-corrected chi connectivity index (χ0v) is 27.3. The van der Waals surface area contributed by atoms with Gasteiger partial charge in [-0.1, -0.05) is 71.4 Å². The van der Waals surface area contributed by atoms with Crippen molar-refractivity contribution in [3.8, 4) is 11.5 Å². The number of nitrogens with one attached hydrogen (secondary N) is 1. The van der Waals surface area contributed by atoms with Crippen molar-refractivity contribution in [1.29, 1.82) is 0 Å². The summed E-state index contributed by atoms with van der Waals surface area (Å²) in [5.41, 5.74) is 1.08. The van der Waals surface area contributed by atoms with Gasteiger partial charge in [-0.05, 0) is 86.5 Å². The SMILES string of the molecule is CCC(C)NC(=O)C(C)N(Cc1ccc(Br)cc1)C(=O)CN(c1ccc(Oc2ccccc2)cc1)S(=O)(=O)c1ccccc1. The summed E-state index contributed by atoms with van der Waals surface area (Å²) in [6.07, 6.45) is 0.728. The molecule has 0 aromatic heterocycles. The van der Waals surface area contributed by atoms with Crippen LogP contribution in [0.4, 0.5) is 5.69 Å². The highest BCUT2D eigenvalue weighted by Crippen LogP contribution is 2.28. The molecule has 4 aromatic carbocycles. The summed E-state index contributed by atoms with van der Waals surface area (Å²) in [6.45, 7) is 5.10. The zero-order chi connectivity index (χ0) is 31.7. The average Bonchev–Trinajstić information content (AvgIpc) is 3.04. The number of carbonyl (C=O) groups is 2. The number of hydrogen-bond donors (Lipinski definition) is 1. The number of hydrogen-bond acceptors (Lipinski definition) is 5. The first kappa shape index (κ1) is 32.8. The van der Waals surface area contributed by atoms with Gasteiger partial charge in [0.1, 0.15) is 24.1 Å². The van der Waals surface area contributed by atoms with Gasteiger partial charge in [-0.25, -0.2) is 8.42 Å². The minimum absolute atomic E-state index is 0.0411. The molecule has 0 spiro atoms. The number of sulfonamides is 1. The van der Waals surface area contributed by atoms with Crippen molar-refractivity contribution >= 4 is 43.5 Å². The molecular formula is C34H36BrN3O5S. The van der Waals surface area contributed by atoms with Gasteiger partial charge in [0, 0.05) is 17.1 Å². The fourth-order valence-electron chi connectivity index (χ4n) is 4.39. The van der Waals surface area contributed by atoms with Gasteiger partial charge in [-0.3, -0.25) is 13.9 Å². The maximum absolute atomic E-state index is 14.1. The predicted molar refractivity (Wildman–Crippen MR) is 176 cm³/mol. The Balaban J connectivity index is 1.68. The van der Waals surface area contributed by atoms with Crippen molar-refractivity contribution in [2.45, 2.75) is 50.7 Å². The third-order valence-corrected chi connectivity index (χ3v) is 9.46. The Morgan fingerprint density at radius 3 is 1.98 bits per heavy atom. The van der Waals surface area contributed by atoms with Gasteiger partial charge in [0.05, 0.1) is 10.6 Å². The summed E-state index contributed by atoms with van der Waals surface area (Å²) in [7, 11) is -4.16. The third kappa shape index (κ3) is 8.48. The Kier molecular flexibility index (Phi) is 11.2. The number of ether oxygens (including phenoxy) is 1. The zero-order valence-electron chi connectivity index (χ0n) is 24.9. The van der Waals surface area contributed by atoms with E-state index in [1.807, 2.05) is 68.4 Å². The third-order valence-electron chi connectivity index (χ3n) is 7.15. The fourth-order valence-corrected chi connectivity index (χ4v) is 6.09. The molecule has 2 atom stereocenters. The van der Waals surface area contributed by atoms with Crippen molar-refractivity contribution in [2.75, 3.05) is 10.8 Å². The molecule has 0 aliphatic rings. The summed E-state index contributed by atoms with van der Waals surface area (Å²) in [5.74, 6) is 0.307. The van der Waals surface area contributed by atoms with Crippen LogP contribution in [0.2, 0.25) is 0 Å². The lowest BCUT2D eigenvalue weighted by molar-refractivity contribution is -0.139.